The zero-order valence-electron chi connectivity index (χ0n) is 23.0. The molecule has 0 aliphatic carbocycles. The van der Waals surface area contributed by atoms with Crippen molar-refractivity contribution in [1.82, 2.24) is 19.9 Å². The van der Waals surface area contributed by atoms with Crippen LogP contribution in [0.4, 0.5) is 0 Å². The molecule has 0 unspecified atom stereocenters. The van der Waals surface area contributed by atoms with Crippen LogP contribution in [0.3, 0.4) is 0 Å². The fraction of sp³-hybridized carbons (Fsp3) is 0. The quantitative estimate of drug-likeness (QED) is 0.192. The summed E-state index contributed by atoms with van der Waals surface area (Å²) in [7, 11) is 0. The van der Waals surface area contributed by atoms with Gasteiger partial charge in [0.2, 0.25) is 0 Å². The summed E-state index contributed by atoms with van der Waals surface area (Å²) in [6.45, 7) is 0. The Bertz CT molecular complexity index is 2140. The molecule has 5 heterocycles. The molecule has 0 atom stereocenters. The van der Waals surface area contributed by atoms with Crippen LogP contribution < -0.4 is 9.97 Å². The van der Waals surface area contributed by atoms with Gasteiger partial charge in [-0.2, -0.15) is 0 Å². The van der Waals surface area contributed by atoms with Crippen LogP contribution in [0.25, 0.3) is 79.8 Å². The normalized spacial score (nSPS) is 11.8. The standard InChI is InChI=1S/C38H24N4.Ni/c1-4-10-25(11-5-1)36-30-18-16-28(39-30)24-29-17-19-31(40-29)37(26-12-6-2-7-13-26)33-21-23-35(42-33)38(27-14-8-3-9-15-27)34-22-20-32(36)41-34;/h1-24H;/q-2;+2. The molecular formula is C38H24N4Ni. The number of nitrogens with zero attached hydrogens (tertiary/aromatic N) is 4. The SMILES string of the molecule is C1=Cc2nc1cc1ccc([n-]1)c(-c1ccccc1)c1nc(c(-c3ccccc3)c3ccc([n-]3)c2-c2ccccc2)C=C1.[Ni+2]. The third-order valence-corrected chi connectivity index (χ3v) is 7.62. The molecule has 0 spiro atoms. The minimum absolute atomic E-state index is 0. The van der Waals surface area contributed by atoms with Crippen molar-refractivity contribution in [2.75, 3.05) is 0 Å². The second-order valence-electron chi connectivity index (χ2n) is 10.3. The van der Waals surface area contributed by atoms with Crippen molar-refractivity contribution in [3.63, 3.8) is 0 Å². The second-order valence-corrected chi connectivity index (χ2v) is 10.3. The van der Waals surface area contributed by atoms with Crippen molar-refractivity contribution in [3.05, 3.63) is 144 Å². The molecule has 0 radical (unpaired) electrons. The Kier molecular flexibility index (Phi) is 6.94. The number of hydrogen-bond donors (Lipinski definition) is 0. The summed E-state index contributed by atoms with van der Waals surface area (Å²) >= 11 is 0. The maximum absolute atomic E-state index is 5.23. The maximum atomic E-state index is 5.23. The molecule has 4 nitrogen and oxygen atoms in total. The van der Waals surface area contributed by atoms with Gasteiger partial charge in [-0.3, -0.25) is 0 Å². The first-order chi connectivity index (χ1) is 20.8. The van der Waals surface area contributed by atoms with E-state index in [0.29, 0.717) is 0 Å². The van der Waals surface area contributed by atoms with Gasteiger partial charge in [-0.15, -0.1) is 22.1 Å². The average Bonchev–Trinajstić information content (AvgIpc) is 3.86. The summed E-state index contributed by atoms with van der Waals surface area (Å²) in [5, 5.41) is 0. The van der Waals surface area contributed by atoms with E-state index in [1.54, 1.807) is 0 Å². The Morgan fingerprint density at radius 1 is 0.395 bits per heavy atom. The van der Waals surface area contributed by atoms with E-state index >= 15 is 0 Å². The van der Waals surface area contributed by atoms with Crippen molar-refractivity contribution in [2.45, 2.75) is 0 Å². The molecule has 8 rings (SSSR count). The first-order valence-electron chi connectivity index (χ1n) is 14.0. The Morgan fingerprint density at radius 2 is 0.814 bits per heavy atom. The summed E-state index contributed by atoms with van der Waals surface area (Å²) in [6.07, 6.45) is 8.29. The largest absolute Gasteiger partial charge is 2.00 e. The first kappa shape index (κ1) is 26.6. The zero-order chi connectivity index (χ0) is 27.9. The zero-order valence-corrected chi connectivity index (χ0v) is 23.9. The summed E-state index contributed by atoms with van der Waals surface area (Å²) in [5.74, 6) is 0. The van der Waals surface area contributed by atoms with Crippen molar-refractivity contribution in [1.29, 1.82) is 0 Å². The molecule has 0 N–H and O–H groups in total. The van der Waals surface area contributed by atoms with Crippen LogP contribution >= 0.6 is 0 Å². The molecule has 0 saturated heterocycles. The van der Waals surface area contributed by atoms with E-state index < -0.39 is 0 Å². The van der Waals surface area contributed by atoms with E-state index in [9.17, 15) is 0 Å². The molecular weight excluding hydrogens is 571 g/mol. The van der Waals surface area contributed by atoms with Crippen molar-refractivity contribution in [3.8, 4) is 33.4 Å². The van der Waals surface area contributed by atoms with Gasteiger partial charge in [0.15, 0.2) is 0 Å². The summed E-state index contributed by atoms with van der Waals surface area (Å²) in [6, 6.07) is 41.4. The first-order valence-corrected chi connectivity index (χ1v) is 14.0. The van der Waals surface area contributed by atoms with E-state index in [0.717, 1.165) is 78.2 Å². The number of hydrogen-bond acceptors (Lipinski definition) is 2. The number of aromatic nitrogens is 4. The summed E-state index contributed by atoms with van der Waals surface area (Å²) in [5.41, 5.74) is 13.1. The molecule has 0 saturated carbocycles. The Labute approximate surface area is 259 Å². The van der Waals surface area contributed by atoms with Gasteiger partial charge in [-0.1, -0.05) is 121 Å². The maximum Gasteiger partial charge on any atom is 2.00 e. The van der Waals surface area contributed by atoms with Gasteiger partial charge in [0.25, 0.3) is 0 Å². The van der Waals surface area contributed by atoms with Gasteiger partial charge < -0.3 is 9.97 Å². The molecule has 43 heavy (non-hydrogen) atoms. The summed E-state index contributed by atoms with van der Waals surface area (Å²) in [4.78, 5) is 20.5. The van der Waals surface area contributed by atoms with Crippen LogP contribution in [0.5, 0.6) is 0 Å². The molecule has 0 amide bonds. The van der Waals surface area contributed by atoms with Gasteiger partial charge in [0.05, 0.1) is 22.8 Å². The minimum atomic E-state index is 0. The van der Waals surface area contributed by atoms with Gasteiger partial charge in [0, 0.05) is 0 Å². The molecule has 206 valence electrons. The van der Waals surface area contributed by atoms with Gasteiger partial charge in [-0.25, -0.2) is 9.97 Å². The van der Waals surface area contributed by atoms with Crippen molar-refractivity contribution < 1.29 is 16.5 Å². The smallest absolute Gasteiger partial charge is 0.657 e. The fourth-order valence-electron chi connectivity index (χ4n) is 5.72. The van der Waals surface area contributed by atoms with Crippen LogP contribution in [-0.2, 0) is 16.5 Å². The topological polar surface area (TPSA) is 54.0 Å². The third kappa shape index (κ3) is 4.94. The van der Waals surface area contributed by atoms with Gasteiger partial charge >= 0.3 is 16.5 Å². The number of fused-ring (bicyclic) bond motifs is 8. The van der Waals surface area contributed by atoms with E-state index in [1.165, 1.54) is 0 Å². The summed E-state index contributed by atoms with van der Waals surface area (Å²) < 4.78 is 0. The van der Waals surface area contributed by atoms with Gasteiger partial charge in [-0.05, 0) is 57.7 Å². The van der Waals surface area contributed by atoms with Crippen LogP contribution in [0.2, 0.25) is 0 Å². The van der Waals surface area contributed by atoms with E-state index in [-0.39, 0.29) is 16.5 Å². The van der Waals surface area contributed by atoms with E-state index in [2.05, 4.69) is 85.0 Å². The molecule has 3 aromatic carbocycles. The van der Waals surface area contributed by atoms with Crippen LogP contribution in [-0.4, -0.2) is 9.97 Å². The molecule has 5 heteroatoms. The average molecular weight is 595 g/mol. The van der Waals surface area contributed by atoms with E-state index in [4.69, 9.17) is 19.9 Å². The monoisotopic (exact) mass is 594 g/mol. The van der Waals surface area contributed by atoms with Gasteiger partial charge in [0.1, 0.15) is 0 Å². The van der Waals surface area contributed by atoms with E-state index in [1.807, 2.05) is 60.7 Å². The van der Waals surface area contributed by atoms with Crippen LogP contribution in [0.15, 0.2) is 121 Å². The fourth-order valence-corrected chi connectivity index (χ4v) is 5.72. The predicted molar refractivity (Wildman–Crippen MR) is 173 cm³/mol. The number of benzene rings is 3. The molecule has 0 fully saturated rings. The Hall–Kier alpha value is -5.25. The van der Waals surface area contributed by atoms with Crippen LogP contribution in [0, 0.1) is 0 Å². The second kappa shape index (κ2) is 11.2. The molecule has 2 aliphatic heterocycles. The minimum Gasteiger partial charge on any atom is -0.657 e. The van der Waals surface area contributed by atoms with Crippen molar-refractivity contribution in [2.24, 2.45) is 0 Å². The third-order valence-electron chi connectivity index (χ3n) is 7.62. The van der Waals surface area contributed by atoms with Crippen molar-refractivity contribution >= 4 is 46.4 Å². The molecule has 6 aromatic rings. The number of rotatable bonds is 3. The molecule has 8 bridgehead atoms. The molecule has 3 aromatic heterocycles. The Balaban J connectivity index is 0.00000300. The molecule has 2 aliphatic rings. The van der Waals surface area contributed by atoms with Crippen LogP contribution in [0.1, 0.15) is 22.8 Å². The predicted octanol–water partition coefficient (Wildman–Crippen LogP) is 8.91. The Morgan fingerprint density at radius 3 is 1.33 bits per heavy atom.